The Morgan fingerprint density at radius 3 is 2.79 bits per heavy atom. The second-order valence-corrected chi connectivity index (χ2v) is 5.37. The Morgan fingerprint density at radius 2 is 2.16 bits per heavy atom. The van der Waals surface area contributed by atoms with Gasteiger partial charge in [0.2, 0.25) is 0 Å². The summed E-state index contributed by atoms with van der Waals surface area (Å²) in [5.74, 6) is 0.715. The minimum absolute atomic E-state index is 0.513. The number of rotatable bonds is 4. The van der Waals surface area contributed by atoms with Crippen molar-refractivity contribution in [2.75, 3.05) is 13.2 Å². The number of ether oxygens (including phenoxy) is 1. The van der Waals surface area contributed by atoms with Gasteiger partial charge in [-0.2, -0.15) is 5.26 Å². The fraction of sp³-hybridized carbons (Fsp3) is 0.562. The lowest BCUT2D eigenvalue weighted by Gasteiger charge is -2.28. The van der Waals surface area contributed by atoms with Crippen LogP contribution in [0.5, 0.6) is 0 Å². The highest BCUT2D eigenvalue weighted by Gasteiger charge is 2.19. The summed E-state index contributed by atoms with van der Waals surface area (Å²) in [6.07, 6.45) is 2.31. The second-order valence-electron chi connectivity index (χ2n) is 5.37. The van der Waals surface area contributed by atoms with Crippen molar-refractivity contribution in [3.63, 3.8) is 0 Å². The maximum absolute atomic E-state index is 8.86. The van der Waals surface area contributed by atoms with Gasteiger partial charge in [0.25, 0.3) is 0 Å². The molecule has 1 atom stereocenters. The van der Waals surface area contributed by atoms with E-state index in [0.717, 1.165) is 38.2 Å². The van der Waals surface area contributed by atoms with Crippen molar-refractivity contribution in [2.45, 2.75) is 39.3 Å². The van der Waals surface area contributed by atoms with Crippen LogP contribution in [-0.2, 0) is 11.3 Å². The maximum Gasteiger partial charge on any atom is 0.0991 e. The molecular weight excluding hydrogens is 236 g/mol. The summed E-state index contributed by atoms with van der Waals surface area (Å²) >= 11 is 0. The molecule has 0 aliphatic carbocycles. The largest absolute Gasteiger partial charge is 0.381 e. The fourth-order valence-corrected chi connectivity index (χ4v) is 2.62. The lowest BCUT2D eigenvalue weighted by molar-refractivity contribution is 0.0558. The summed E-state index contributed by atoms with van der Waals surface area (Å²) in [4.78, 5) is 0. The standard InChI is InChI=1S/C16H22N2O/c1-12-9-14(10-17)3-4-16(12)11-18-13(2)15-5-7-19-8-6-15/h3-4,9,13,15,18H,5-8,11H2,1-2H3. The highest BCUT2D eigenvalue weighted by Crippen LogP contribution is 2.19. The minimum atomic E-state index is 0.513. The van der Waals surface area contributed by atoms with Crippen LogP contribution in [0.3, 0.4) is 0 Å². The highest BCUT2D eigenvalue weighted by atomic mass is 16.5. The highest BCUT2D eigenvalue weighted by molar-refractivity contribution is 5.37. The number of hydrogen-bond donors (Lipinski definition) is 1. The number of aryl methyl sites for hydroxylation is 1. The second kappa shape index (κ2) is 6.70. The molecule has 1 fully saturated rings. The Balaban J connectivity index is 1.89. The Hall–Kier alpha value is -1.37. The van der Waals surface area contributed by atoms with Crippen LogP contribution in [0.25, 0.3) is 0 Å². The normalized spacial score (nSPS) is 17.9. The molecule has 0 saturated carbocycles. The summed E-state index contributed by atoms with van der Waals surface area (Å²) < 4.78 is 5.40. The molecule has 1 unspecified atom stereocenters. The van der Waals surface area contributed by atoms with Crippen molar-refractivity contribution in [1.82, 2.24) is 5.32 Å². The van der Waals surface area contributed by atoms with Crippen molar-refractivity contribution in [3.8, 4) is 6.07 Å². The van der Waals surface area contributed by atoms with Gasteiger partial charge in [0.05, 0.1) is 11.6 Å². The monoisotopic (exact) mass is 258 g/mol. The molecule has 0 aromatic heterocycles. The van der Waals surface area contributed by atoms with Crippen molar-refractivity contribution in [3.05, 3.63) is 34.9 Å². The van der Waals surface area contributed by atoms with Gasteiger partial charge in [0, 0.05) is 25.8 Å². The zero-order valence-electron chi connectivity index (χ0n) is 11.8. The third kappa shape index (κ3) is 3.79. The van der Waals surface area contributed by atoms with Crippen LogP contribution < -0.4 is 5.32 Å². The van der Waals surface area contributed by atoms with Crippen molar-refractivity contribution < 1.29 is 4.74 Å². The SMILES string of the molecule is Cc1cc(C#N)ccc1CNC(C)C1CCOCC1. The van der Waals surface area contributed by atoms with E-state index in [1.54, 1.807) is 0 Å². The zero-order valence-corrected chi connectivity index (χ0v) is 11.8. The van der Waals surface area contributed by atoms with E-state index in [1.165, 1.54) is 11.1 Å². The molecule has 102 valence electrons. The maximum atomic E-state index is 8.86. The van der Waals surface area contributed by atoms with Crippen LogP contribution >= 0.6 is 0 Å². The van der Waals surface area contributed by atoms with Gasteiger partial charge in [-0.3, -0.25) is 0 Å². The Labute approximate surface area is 115 Å². The molecule has 1 N–H and O–H groups in total. The van der Waals surface area contributed by atoms with Gasteiger partial charge in [-0.1, -0.05) is 6.07 Å². The first kappa shape index (κ1) is 14.0. The van der Waals surface area contributed by atoms with Crippen molar-refractivity contribution >= 4 is 0 Å². The molecular formula is C16H22N2O. The van der Waals surface area contributed by atoms with E-state index in [0.29, 0.717) is 12.0 Å². The van der Waals surface area contributed by atoms with Gasteiger partial charge in [-0.25, -0.2) is 0 Å². The van der Waals surface area contributed by atoms with E-state index >= 15 is 0 Å². The number of nitrogens with one attached hydrogen (secondary N) is 1. The average Bonchev–Trinajstić information content (AvgIpc) is 2.46. The molecule has 0 amide bonds. The van der Waals surface area contributed by atoms with E-state index in [-0.39, 0.29) is 0 Å². The van der Waals surface area contributed by atoms with Gasteiger partial charge in [0.15, 0.2) is 0 Å². The molecule has 1 aliphatic rings. The van der Waals surface area contributed by atoms with Crippen LogP contribution in [0.15, 0.2) is 18.2 Å². The average molecular weight is 258 g/mol. The third-order valence-electron chi connectivity index (χ3n) is 4.06. The first-order valence-corrected chi connectivity index (χ1v) is 7.01. The molecule has 1 aromatic rings. The third-order valence-corrected chi connectivity index (χ3v) is 4.06. The van der Waals surface area contributed by atoms with E-state index < -0.39 is 0 Å². The van der Waals surface area contributed by atoms with E-state index in [2.05, 4.69) is 31.3 Å². The molecule has 19 heavy (non-hydrogen) atoms. The molecule has 3 nitrogen and oxygen atoms in total. The Morgan fingerprint density at radius 1 is 1.42 bits per heavy atom. The molecule has 1 heterocycles. The van der Waals surface area contributed by atoms with Crippen LogP contribution in [0, 0.1) is 24.2 Å². The lowest BCUT2D eigenvalue weighted by atomic mass is 9.92. The molecule has 0 radical (unpaired) electrons. The van der Waals surface area contributed by atoms with Crippen LogP contribution in [-0.4, -0.2) is 19.3 Å². The van der Waals surface area contributed by atoms with Crippen molar-refractivity contribution in [1.29, 1.82) is 5.26 Å². The van der Waals surface area contributed by atoms with Gasteiger partial charge in [-0.15, -0.1) is 0 Å². The summed E-state index contributed by atoms with van der Waals surface area (Å²) in [5, 5.41) is 12.5. The number of hydrogen-bond acceptors (Lipinski definition) is 3. The molecule has 1 saturated heterocycles. The Bertz CT molecular complexity index is 458. The molecule has 2 rings (SSSR count). The summed E-state index contributed by atoms with van der Waals surface area (Å²) in [5.41, 5.74) is 3.20. The van der Waals surface area contributed by atoms with E-state index in [4.69, 9.17) is 10.00 Å². The smallest absolute Gasteiger partial charge is 0.0991 e. The zero-order chi connectivity index (χ0) is 13.7. The topological polar surface area (TPSA) is 45.0 Å². The van der Waals surface area contributed by atoms with Gasteiger partial charge < -0.3 is 10.1 Å². The van der Waals surface area contributed by atoms with Crippen LogP contribution in [0.1, 0.15) is 36.5 Å². The van der Waals surface area contributed by atoms with Gasteiger partial charge in [-0.05, 0) is 55.9 Å². The summed E-state index contributed by atoms with van der Waals surface area (Å²) in [6, 6.07) is 8.59. The predicted molar refractivity (Wildman–Crippen MR) is 75.7 cm³/mol. The molecule has 0 spiro atoms. The summed E-state index contributed by atoms with van der Waals surface area (Å²) in [6.45, 7) is 6.99. The van der Waals surface area contributed by atoms with E-state index in [1.807, 2.05) is 12.1 Å². The van der Waals surface area contributed by atoms with E-state index in [9.17, 15) is 0 Å². The molecule has 3 heteroatoms. The van der Waals surface area contributed by atoms with Crippen LogP contribution in [0.2, 0.25) is 0 Å². The molecule has 1 aliphatic heterocycles. The number of nitrogens with zero attached hydrogens (tertiary/aromatic N) is 1. The van der Waals surface area contributed by atoms with Gasteiger partial charge >= 0.3 is 0 Å². The lowest BCUT2D eigenvalue weighted by Crippen LogP contribution is -2.36. The minimum Gasteiger partial charge on any atom is -0.381 e. The molecule has 1 aromatic carbocycles. The van der Waals surface area contributed by atoms with Crippen LogP contribution in [0.4, 0.5) is 0 Å². The predicted octanol–water partition coefficient (Wildman–Crippen LogP) is 2.77. The van der Waals surface area contributed by atoms with Gasteiger partial charge in [0.1, 0.15) is 0 Å². The fourth-order valence-electron chi connectivity index (χ4n) is 2.62. The number of benzene rings is 1. The Kier molecular flexibility index (Phi) is 4.95. The van der Waals surface area contributed by atoms with Crippen molar-refractivity contribution in [2.24, 2.45) is 5.92 Å². The molecule has 0 bridgehead atoms. The summed E-state index contributed by atoms with van der Waals surface area (Å²) in [7, 11) is 0. The first-order chi connectivity index (χ1) is 9.20. The quantitative estimate of drug-likeness (QED) is 0.903. The number of nitriles is 1. The first-order valence-electron chi connectivity index (χ1n) is 7.01.